The molecule has 1 aliphatic rings. The Morgan fingerprint density at radius 2 is 1.97 bits per heavy atom. The summed E-state index contributed by atoms with van der Waals surface area (Å²) in [4.78, 5) is 28.0. The lowest BCUT2D eigenvalue weighted by atomic mass is 10.1. The van der Waals surface area contributed by atoms with Crippen LogP contribution in [-0.4, -0.2) is 45.5 Å². The van der Waals surface area contributed by atoms with Crippen molar-refractivity contribution < 1.29 is 4.79 Å². The molecule has 1 aliphatic heterocycles. The topological polar surface area (TPSA) is 73.9 Å². The van der Waals surface area contributed by atoms with Gasteiger partial charge < -0.3 is 15.2 Å². The maximum Gasteiger partial charge on any atom is 0.255 e. The Bertz CT molecular complexity index is 1130. The summed E-state index contributed by atoms with van der Waals surface area (Å²) < 4.78 is 0. The Morgan fingerprint density at radius 3 is 2.77 bits per heavy atom. The highest BCUT2D eigenvalue weighted by molar-refractivity contribution is 7.99. The average molecular weight is 436 g/mol. The highest BCUT2D eigenvalue weighted by Gasteiger charge is 2.21. The summed E-state index contributed by atoms with van der Waals surface area (Å²) in [5, 5.41) is 7.13. The van der Waals surface area contributed by atoms with Crippen molar-refractivity contribution in [3.05, 3.63) is 64.6 Å². The van der Waals surface area contributed by atoms with Crippen molar-refractivity contribution in [3.63, 3.8) is 0 Å². The van der Waals surface area contributed by atoms with E-state index in [1.54, 1.807) is 11.3 Å². The second kappa shape index (κ2) is 8.49. The second-order valence-electron chi connectivity index (χ2n) is 7.06. The quantitative estimate of drug-likeness (QED) is 0.492. The molecule has 4 heterocycles. The first kappa shape index (κ1) is 19.1. The molecular weight excluding hydrogens is 414 g/mol. The van der Waals surface area contributed by atoms with E-state index in [0.717, 1.165) is 58.5 Å². The molecule has 152 valence electrons. The largest absolute Gasteiger partial charge is 0.354 e. The number of aromatic amines is 1. The molecule has 8 heteroatoms. The molecule has 4 aromatic rings. The van der Waals surface area contributed by atoms with Gasteiger partial charge in [-0.25, -0.2) is 9.97 Å². The number of thiophene rings is 1. The molecule has 2 N–H and O–H groups in total. The van der Waals surface area contributed by atoms with Crippen molar-refractivity contribution >= 4 is 45.9 Å². The van der Waals surface area contributed by atoms with E-state index in [0.29, 0.717) is 12.1 Å². The normalized spacial score (nSPS) is 14.2. The van der Waals surface area contributed by atoms with E-state index in [1.165, 1.54) is 0 Å². The van der Waals surface area contributed by atoms with Gasteiger partial charge in [0.05, 0.1) is 28.8 Å². The highest BCUT2D eigenvalue weighted by atomic mass is 32.2. The molecule has 6 nitrogen and oxygen atoms in total. The van der Waals surface area contributed by atoms with Gasteiger partial charge in [0, 0.05) is 35.5 Å². The molecule has 0 radical (unpaired) electrons. The number of nitrogens with zero attached hydrogens (tertiary/aromatic N) is 3. The number of benzene rings is 1. The lowest BCUT2D eigenvalue weighted by molar-refractivity contribution is 0.0950. The fourth-order valence-electron chi connectivity index (χ4n) is 3.56. The van der Waals surface area contributed by atoms with E-state index >= 15 is 0 Å². The third-order valence-corrected chi connectivity index (χ3v) is 6.73. The van der Waals surface area contributed by atoms with Crippen LogP contribution >= 0.6 is 23.1 Å². The number of rotatable bonds is 5. The maximum absolute atomic E-state index is 13.1. The summed E-state index contributed by atoms with van der Waals surface area (Å²) in [5.41, 5.74) is 4.46. The number of carbonyl (C=O) groups is 1. The number of thioether (sulfide) groups is 1. The molecular formula is C22H21N5OS2. The zero-order valence-corrected chi connectivity index (χ0v) is 17.9. The molecule has 1 aromatic carbocycles. The fraction of sp³-hybridized carbons (Fsp3) is 0.227. The Hall–Kier alpha value is -2.84. The predicted molar refractivity (Wildman–Crippen MR) is 124 cm³/mol. The number of imidazole rings is 1. The summed E-state index contributed by atoms with van der Waals surface area (Å²) in [6, 6.07) is 13.7. The monoisotopic (exact) mass is 435 g/mol. The molecule has 3 aromatic heterocycles. The molecule has 1 fully saturated rings. The van der Waals surface area contributed by atoms with Gasteiger partial charge >= 0.3 is 0 Å². The van der Waals surface area contributed by atoms with E-state index < -0.39 is 0 Å². The van der Waals surface area contributed by atoms with Crippen LogP contribution in [0, 0.1) is 0 Å². The Labute approximate surface area is 182 Å². The zero-order valence-electron chi connectivity index (χ0n) is 16.3. The van der Waals surface area contributed by atoms with Crippen molar-refractivity contribution in [3.8, 4) is 11.3 Å². The van der Waals surface area contributed by atoms with E-state index in [-0.39, 0.29) is 5.91 Å². The number of pyridine rings is 1. The minimum Gasteiger partial charge on any atom is -0.354 e. The summed E-state index contributed by atoms with van der Waals surface area (Å²) in [5.74, 6) is 3.46. The van der Waals surface area contributed by atoms with Crippen LogP contribution in [-0.2, 0) is 6.54 Å². The lowest BCUT2D eigenvalue weighted by Crippen LogP contribution is -2.35. The average Bonchev–Trinajstić information content (AvgIpc) is 3.47. The van der Waals surface area contributed by atoms with E-state index in [2.05, 4.69) is 31.6 Å². The van der Waals surface area contributed by atoms with Gasteiger partial charge in [-0.15, -0.1) is 0 Å². The number of fused-ring (bicyclic) bond motifs is 1. The summed E-state index contributed by atoms with van der Waals surface area (Å²) in [7, 11) is 0. The minimum atomic E-state index is -0.131. The Morgan fingerprint density at radius 1 is 1.10 bits per heavy atom. The molecule has 1 saturated heterocycles. The standard InChI is InChI=1S/C22H21N5OS2/c28-22(23-13-20-24-18-3-1-2-4-19(18)25-20)16-5-6-17(15-7-10-30-14-15)26-21(16)27-8-11-29-12-9-27/h1-7,10,14H,8-9,11-13H2,(H,23,28)(H,24,25). The maximum atomic E-state index is 13.1. The van der Waals surface area contributed by atoms with Crippen molar-refractivity contribution in [1.82, 2.24) is 20.3 Å². The molecule has 0 saturated carbocycles. The molecule has 0 unspecified atom stereocenters. The van der Waals surface area contributed by atoms with Crippen LogP contribution in [0.5, 0.6) is 0 Å². The van der Waals surface area contributed by atoms with Crippen LogP contribution < -0.4 is 10.2 Å². The third-order valence-electron chi connectivity index (χ3n) is 5.10. The predicted octanol–water partition coefficient (Wildman–Crippen LogP) is 4.17. The van der Waals surface area contributed by atoms with E-state index in [9.17, 15) is 4.79 Å². The first-order chi connectivity index (χ1) is 14.8. The number of H-pyrrole nitrogens is 1. The summed E-state index contributed by atoms with van der Waals surface area (Å²) in [6.45, 7) is 2.14. The van der Waals surface area contributed by atoms with Gasteiger partial charge in [0.25, 0.3) is 5.91 Å². The number of hydrogen-bond donors (Lipinski definition) is 2. The number of carbonyl (C=O) groups excluding carboxylic acids is 1. The summed E-state index contributed by atoms with van der Waals surface area (Å²) >= 11 is 3.59. The summed E-state index contributed by atoms with van der Waals surface area (Å²) in [6.07, 6.45) is 0. The first-order valence-corrected chi connectivity index (χ1v) is 12.0. The lowest BCUT2D eigenvalue weighted by Gasteiger charge is -2.29. The van der Waals surface area contributed by atoms with Crippen LogP contribution in [0.15, 0.2) is 53.2 Å². The number of nitrogens with one attached hydrogen (secondary N) is 2. The van der Waals surface area contributed by atoms with Crippen LogP contribution in [0.1, 0.15) is 16.2 Å². The molecule has 0 spiro atoms. The minimum absolute atomic E-state index is 0.131. The molecule has 5 rings (SSSR count). The molecule has 0 atom stereocenters. The number of anilines is 1. The van der Waals surface area contributed by atoms with Gasteiger partial charge in [-0.05, 0) is 35.7 Å². The van der Waals surface area contributed by atoms with E-state index in [4.69, 9.17) is 4.98 Å². The second-order valence-corrected chi connectivity index (χ2v) is 9.07. The van der Waals surface area contributed by atoms with Crippen LogP contribution in [0.2, 0.25) is 0 Å². The van der Waals surface area contributed by atoms with Gasteiger partial charge in [-0.2, -0.15) is 23.1 Å². The Kier molecular flexibility index (Phi) is 5.42. The van der Waals surface area contributed by atoms with E-state index in [1.807, 2.05) is 53.5 Å². The first-order valence-electron chi connectivity index (χ1n) is 9.86. The van der Waals surface area contributed by atoms with Crippen LogP contribution in [0.3, 0.4) is 0 Å². The van der Waals surface area contributed by atoms with Crippen molar-refractivity contribution in [2.75, 3.05) is 29.5 Å². The SMILES string of the molecule is O=C(NCc1nc2ccccc2[nH]1)c1ccc(-c2ccsc2)nc1N1CCSCC1. The zero-order chi connectivity index (χ0) is 20.3. The third kappa shape index (κ3) is 3.93. The Balaban J connectivity index is 1.40. The molecule has 30 heavy (non-hydrogen) atoms. The van der Waals surface area contributed by atoms with Crippen LogP contribution in [0.25, 0.3) is 22.3 Å². The molecule has 0 bridgehead atoms. The fourth-order valence-corrected chi connectivity index (χ4v) is 5.11. The van der Waals surface area contributed by atoms with Gasteiger partial charge in [0.15, 0.2) is 0 Å². The van der Waals surface area contributed by atoms with Crippen molar-refractivity contribution in [2.24, 2.45) is 0 Å². The number of aromatic nitrogens is 3. The van der Waals surface area contributed by atoms with Gasteiger partial charge in [-0.1, -0.05) is 12.1 Å². The van der Waals surface area contributed by atoms with Gasteiger partial charge in [0.2, 0.25) is 0 Å². The number of amides is 1. The molecule has 1 amide bonds. The smallest absolute Gasteiger partial charge is 0.255 e. The van der Waals surface area contributed by atoms with Crippen molar-refractivity contribution in [1.29, 1.82) is 0 Å². The van der Waals surface area contributed by atoms with Gasteiger partial charge in [-0.3, -0.25) is 4.79 Å². The van der Waals surface area contributed by atoms with Crippen molar-refractivity contribution in [2.45, 2.75) is 6.54 Å². The van der Waals surface area contributed by atoms with Gasteiger partial charge in [0.1, 0.15) is 11.6 Å². The molecule has 0 aliphatic carbocycles. The highest BCUT2D eigenvalue weighted by Crippen LogP contribution is 2.27. The number of hydrogen-bond acceptors (Lipinski definition) is 6. The number of para-hydroxylation sites is 2. The van der Waals surface area contributed by atoms with Crippen LogP contribution in [0.4, 0.5) is 5.82 Å².